The molecule has 1 aliphatic rings. The maximum Gasteiger partial charge on any atom is 0.217 e. The van der Waals surface area contributed by atoms with E-state index in [1.807, 2.05) is 13.0 Å². The summed E-state index contributed by atoms with van der Waals surface area (Å²) < 4.78 is 0. The normalized spacial score (nSPS) is 17.3. The van der Waals surface area contributed by atoms with E-state index in [1.54, 1.807) is 18.6 Å². The van der Waals surface area contributed by atoms with Crippen molar-refractivity contribution in [3.63, 3.8) is 0 Å². The van der Waals surface area contributed by atoms with Crippen molar-refractivity contribution >= 4 is 11.7 Å². The zero-order valence-corrected chi connectivity index (χ0v) is 13.4. The second kappa shape index (κ2) is 6.68. The van der Waals surface area contributed by atoms with E-state index >= 15 is 0 Å². The summed E-state index contributed by atoms with van der Waals surface area (Å²) in [5, 5.41) is 2.75. The van der Waals surface area contributed by atoms with E-state index in [2.05, 4.69) is 30.2 Å². The van der Waals surface area contributed by atoms with Gasteiger partial charge in [0.25, 0.3) is 0 Å². The van der Waals surface area contributed by atoms with Crippen LogP contribution in [0.5, 0.6) is 0 Å². The van der Waals surface area contributed by atoms with Crippen LogP contribution in [-0.2, 0) is 11.3 Å². The molecule has 23 heavy (non-hydrogen) atoms. The van der Waals surface area contributed by atoms with Crippen LogP contribution in [-0.4, -0.2) is 32.4 Å². The van der Waals surface area contributed by atoms with Crippen LogP contribution in [0.15, 0.2) is 24.7 Å². The molecule has 1 aliphatic heterocycles. The number of aryl methyl sites for hydroxylation is 1. The second-order valence-electron chi connectivity index (χ2n) is 5.66. The molecule has 0 unspecified atom stereocenters. The van der Waals surface area contributed by atoms with Crippen LogP contribution in [0.1, 0.15) is 43.0 Å². The lowest BCUT2D eigenvalue weighted by Crippen LogP contribution is -2.25. The Labute approximate surface area is 135 Å². The highest BCUT2D eigenvalue weighted by atomic mass is 16.1. The predicted octanol–water partition coefficient (Wildman–Crippen LogP) is 1.55. The Morgan fingerprint density at radius 3 is 3.04 bits per heavy atom. The number of carbonyl (C=O) groups is 1. The summed E-state index contributed by atoms with van der Waals surface area (Å²) in [6.45, 7) is 4.73. The molecule has 1 N–H and O–H groups in total. The Morgan fingerprint density at radius 2 is 2.26 bits per heavy atom. The van der Waals surface area contributed by atoms with Crippen LogP contribution in [0.25, 0.3) is 0 Å². The van der Waals surface area contributed by atoms with Crippen LogP contribution >= 0.6 is 0 Å². The summed E-state index contributed by atoms with van der Waals surface area (Å²) in [5.41, 5.74) is 1.69. The highest BCUT2D eigenvalue weighted by molar-refractivity contribution is 5.72. The molecular weight excluding hydrogens is 292 g/mol. The molecule has 1 fully saturated rings. The van der Waals surface area contributed by atoms with Gasteiger partial charge in [0.1, 0.15) is 11.6 Å². The standard InChI is InChI=1S/C16H20N6O/c1-11-18-6-5-16(20-11)22-7-3-4-15(22)14-10-17-8-13(21-14)9-19-12(2)23/h5-6,8,10,15H,3-4,7,9H2,1-2H3,(H,19,23)/t15-/m1/s1. The first-order valence-corrected chi connectivity index (χ1v) is 7.75. The lowest BCUT2D eigenvalue weighted by atomic mass is 10.1. The minimum atomic E-state index is -0.0730. The van der Waals surface area contributed by atoms with Crippen molar-refractivity contribution in [2.24, 2.45) is 0 Å². The second-order valence-corrected chi connectivity index (χ2v) is 5.66. The first-order valence-electron chi connectivity index (χ1n) is 7.75. The molecular formula is C16H20N6O. The summed E-state index contributed by atoms with van der Waals surface area (Å²) in [5.74, 6) is 1.61. The number of nitrogens with one attached hydrogen (secondary N) is 1. The van der Waals surface area contributed by atoms with E-state index in [4.69, 9.17) is 0 Å². The van der Waals surface area contributed by atoms with E-state index in [0.29, 0.717) is 6.54 Å². The number of carbonyl (C=O) groups excluding carboxylic acids is 1. The van der Waals surface area contributed by atoms with Crippen LogP contribution in [0, 0.1) is 6.92 Å². The zero-order valence-electron chi connectivity index (χ0n) is 13.4. The maximum atomic E-state index is 11.0. The fourth-order valence-electron chi connectivity index (χ4n) is 2.84. The van der Waals surface area contributed by atoms with Gasteiger partial charge in [0, 0.05) is 19.7 Å². The summed E-state index contributed by atoms with van der Waals surface area (Å²) in [4.78, 5) is 30.9. The predicted molar refractivity (Wildman–Crippen MR) is 85.6 cm³/mol. The number of hydrogen-bond donors (Lipinski definition) is 1. The molecule has 1 atom stereocenters. The van der Waals surface area contributed by atoms with Gasteiger partial charge < -0.3 is 10.2 Å². The van der Waals surface area contributed by atoms with Crippen molar-refractivity contribution in [3.8, 4) is 0 Å². The molecule has 0 spiro atoms. The summed E-state index contributed by atoms with van der Waals surface area (Å²) in [6, 6.07) is 2.09. The summed E-state index contributed by atoms with van der Waals surface area (Å²) in [6.07, 6.45) is 7.38. The summed E-state index contributed by atoms with van der Waals surface area (Å²) in [7, 11) is 0. The Hall–Kier alpha value is -2.57. The first-order chi connectivity index (χ1) is 11.1. The molecule has 2 aromatic heterocycles. The van der Waals surface area contributed by atoms with E-state index in [0.717, 1.165) is 42.4 Å². The number of amides is 1. The van der Waals surface area contributed by atoms with Crippen molar-refractivity contribution in [2.75, 3.05) is 11.4 Å². The molecule has 0 bridgehead atoms. The average Bonchev–Trinajstić information content (AvgIpc) is 3.03. The van der Waals surface area contributed by atoms with Crippen LogP contribution < -0.4 is 10.2 Å². The fourth-order valence-corrected chi connectivity index (χ4v) is 2.84. The third-order valence-corrected chi connectivity index (χ3v) is 3.87. The van der Waals surface area contributed by atoms with Gasteiger partial charge >= 0.3 is 0 Å². The van der Waals surface area contributed by atoms with Crippen LogP contribution in [0.2, 0.25) is 0 Å². The van der Waals surface area contributed by atoms with E-state index in [9.17, 15) is 4.79 Å². The molecule has 7 heteroatoms. The summed E-state index contributed by atoms with van der Waals surface area (Å²) >= 11 is 0. The minimum absolute atomic E-state index is 0.0730. The van der Waals surface area contributed by atoms with Gasteiger partial charge in [0.15, 0.2) is 0 Å². The molecule has 1 amide bonds. The van der Waals surface area contributed by atoms with Gasteiger partial charge in [0.05, 0.1) is 36.4 Å². The van der Waals surface area contributed by atoms with E-state index in [-0.39, 0.29) is 11.9 Å². The van der Waals surface area contributed by atoms with Gasteiger partial charge in [-0.25, -0.2) is 9.97 Å². The first kappa shape index (κ1) is 15.3. The van der Waals surface area contributed by atoms with Gasteiger partial charge in [-0.05, 0) is 25.8 Å². The zero-order chi connectivity index (χ0) is 16.2. The number of rotatable bonds is 4. The van der Waals surface area contributed by atoms with Crippen molar-refractivity contribution in [3.05, 3.63) is 41.9 Å². The molecule has 1 saturated heterocycles. The SMILES string of the molecule is CC(=O)NCc1cncc([C@H]2CCCN2c2ccnc(C)n2)n1. The van der Waals surface area contributed by atoms with Crippen LogP contribution in [0.3, 0.4) is 0 Å². The van der Waals surface area contributed by atoms with Gasteiger partial charge in [-0.15, -0.1) is 0 Å². The minimum Gasteiger partial charge on any atom is -0.351 e. The highest BCUT2D eigenvalue weighted by Crippen LogP contribution is 2.33. The van der Waals surface area contributed by atoms with Crippen molar-refractivity contribution in [1.29, 1.82) is 0 Å². The molecule has 0 aromatic carbocycles. The van der Waals surface area contributed by atoms with E-state index < -0.39 is 0 Å². The Bertz CT molecular complexity index is 704. The topological polar surface area (TPSA) is 83.9 Å². The molecule has 3 heterocycles. The van der Waals surface area contributed by atoms with Gasteiger partial charge in [0.2, 0.25) is 5.91 Å². The number of hydrogen-bond acceptors (Lipinski definition) is 6. The van der Waals surface area contributed by atoms with Crippen LogP contribution in [0.4, 0.5) is 5.82 Å². The van der Waals surface area contributed by atoms with Crippen molar-refractivity contribution in [1.82, 2.24) is 25.3 Å². The smallest absolute Gasteiger partial charge is 0.217 e. The lowest BCUT2D eigenvalue weighted by molar-refractivity contribution is -0.119. The largest absolute Gasteiger partial charge is 0.351 e. The molecule has 7 nitrogen and oxygen atoms in total. The Balaban J connectivity index is 1.82. The third kappa shape index (κ3) is 3.61. The van der Waals surface area contributed by atoms with Gasteiger partial charge in [-0.1, -0.05) is 0 Å². The van der Waals surface area contributed by atoms with Crippen molar-refractivity contribution in [2.45, 2.75) is 39.3 Å². The molecule has 0 aliphatic carbocycles. The number of nitrogens with zero attached hydrogens (tertiary/aromatic N) is 5. The fraction of sp³-hybridized carbons (Fsp3) is 0.438. The number of anilines is 1. The number of aromatic nitrogens is 4. The van der Waals surface area contributed by atoms with E-state index in [1.165, 1.54) is 6.92 Å². The molecule has 0 saturated carbocycles. The van der Waals surface area contributed by atoms with Gasteiger partial charge in [-0.2, -0.15) is 0 Å². The molecule has 2 aromatic rings. The quantitative estimate of drug-likeness (QED) is 0.922. The Morgan fingerprint density at radius 1 is 1.39 bits per heavy atom. The monoisotopic (exact) mass is 312 g/mol. The lowest BCUT2D eigenvalue weighted by Gasteiger charge is -2.25. The van der Waals surface area contributed by atoms with Crippen molar-refractivity contribution < 1.29 is 4.79 Å². The molecule has 120 valence electrons. The third-order valence-electron chi connectivity index (χ3n) is 3.87. The molecule has 0 radical (unpaired) electrons. The van der Waals surface area contributed by atoms with Gasteiger partial charge in [-0.3, -0.25) is 14.8 Å². The molecule has 3 rings (SSSR count). The highest BCUT2D eigenvalue weighted by Gasteiger charge is 2.28. The Kier molecular flexibility index (Phi) is 4.45. The maximum absolute atomic E-state index is 11.0. The average molecular weight is 312 g/mol.